The Balaban J connectivity index is 2.32. The maximum absolute atomic E-state index is 14.3. The van der Waals surface area contributed by atoms with Gasteiger partial charge in [0.15, 0.2) is 11.6 Å². The summed E-state index contributed by atoms with van der Waals surface area (Å²) in [5.74, 6) is -0.342. The van der Waals surface area contributed by atoms with E-state index in [0.717, 1.165) is 12.0 Å². The Morgan fingerprint density at radius 1 is 1.14 bits per heavy atom. The first-order valence-corrected chi connectivity index (χ1v) is 6.63. The van der Waals surface area contributed by atoms with Crippen LogP contribution in [0.5, 0.6) is 0 Å². The summed E-state index contributed by atoms with van der Waals surface area (Å²) in [7, 11) is 0. The van der Waals surface area contributed by atoms with Gasteiger partial charge in [-0.25, -0.2) is 23.7 Å². The Morgan fingerprint density at radius 3 is 2.57 bits per heavy atom. The molecular weight excluding hydrogens is 274 g/mol. The van der Waals surface area contributed by atoms with Crippen molar-refractivity contribution in [1.29, 1.82) is 0 Å². The molecule has 0 aliphatic carbocycles. The number of rotatable bonds is 2. The van der Waals surface area contributed by atoms with E-state index in [1.54, 1.807) is 6.07 Å². The second kappa shape index (κ2) is 4.87. The van der Waals surface area contributed by atoms with Crippen LogP contribution in [0.3, 0.4) is 0 Å². The van der Waals surface area contributed by atoms with E-state index < -0.39 is 11.6 Å². The molecule has 0 saturated carbocycles. The molecule has 0 fully saturated rings. The minimum absolute atomic E-state index is 0.0833. The maximum atomic E-state index is 14.3. The molecule has 21 heavy (non-hydrogen) atoms. The highest BCUT2D eigenvalue weighted by molar-refractivity contribution is 5.82. The largest absolute Gasteiger partial charge is 0.326 e. The van der Waals surface area contributed by atoms with Gasteiger partial charge >= 0.3 is 0 Å². The lowest BCUT2D eigenvalue weighted by Gasteiger charge is -2.11. The van der Waals surface area contributed by atoms with Gasteiger partial charge in [0.05, 0.1) is 11.7 Å². The number of imidazole rings is 1. The fraction of sp³-hybridized carbons (Fsp3) is 0.267. The number of benzene rings is 1. The average molecular weight is 288 g/mol. The zero-order valence-electron chi connectivity index (χ0n) is 11.9. The van der Waals surface area contributed by atoms with E-state index in [-0.39, 0.29) is 11.7 Å². The van der Waals surface area contributed by atoms with Crippen molar-refractivity contribution in [3.63, 3.8) is 0 Å². The zero-order chi connectivity index (χ0) is 15.1. The van der Waals surface area contributed by atoms with Gasteiger partial charge in [0, 0.05) is 11.6 Å². The lowest BCUT2D eigenvalue weighted by Crippen LogP contribution is -2.03. The smallest absolute Gasteiger partial charge is 0.167 e. The number of halogens is 2. The second-order valence-corrected chi connectivity index (χ2v) is 5.17. The first kappa shape index (κ1) is 13.6. The summed E-state index contributed by atoms with van der Waals surface area (Å²) < 4.78 is 30.0. The van der Waals surface area contributed by atoms with Crippen molar-refractivity contribution in [3.8, 4) is 11.3 Å². The van der Waals surface area contributed by atoms with Gasteiger partial charge in [0.25, 0.3) is 0 Å². The van der Waals surface area contributed by atoms with Crippen LogP contribution in [-0.4, -0.2) is 19.5 Å². The third-order valence-corrected chi connectivity index (χ3v) is 3.38. The van der Waals surface area contributed by atoms with E-state index in [9.17, 15) is 8.78 Å². The van der Waals surface area contributed by atoms with E-state index >= 15 is 0 Å². The van der Waals surface area contributed by atoms with Crippen LogP contribution < -0.4 is 0 Å². The SMILES string of the molecule is Cc1nc2c(F)cc(-c3ncncc3F)cc2n1C(C)C. The number of hydrogen-bond donors (Lipinski definition) is 0. The lowest BCUT2D eigenvalue weighted by molar-refractivity contribution is 0.600. The molecule has 0 atom stereocenters. The maximum Gasteiger partial charge on any atom is 0.167 e. The summed E-state index contributed by atoms with van der Waals surface area (Å²) >= 11 is 0. The molecular formula is C15H14F2N4. The van der Waals surface area contributed by atoms with Gasteiger partial charge in [-0.2, -0.15) is 0 Å². The van der Waals surface area contributed by atoms with Crippen LogP contribution >= 0.6 is 0 Å². The minimum Gasteiger partial charge on any atom is -0.326 e. The van der Waals surface area contributed by atoms with Crippen LogP contribution in [0.4, 0.5) is 8.78 Å². The van der Waals surface area contributed by atoms with Gasteiger partial charge in [0.1, 0.15) is 23.4 Å². The molecule has 0 radical (unpaired) electrons. The van der Waals surface area contributed by atoms with E-state index in [4.69, 9.17) is 0 Å². The van der Waals surface area contributed by atoms with Gasteiger partial charge in [-0.3, -0.25) is 0 Å². The van der Waals surface area contributed by atoms with Gasteiger partial charge in [0.2, 0.25) is 0 Å². The highest BCUT2D eigenvalue weighted by atomic mass is 19.1. The first-order chi connectivity index (χ1) is 9.99. The predicted octanol–water partition coefficient (Wildman–Crippen LogP) is 3.66. The molecule has 0 saturated heterocycles. The summed E-state index contributed by atoms with van der Waals surface area (Å²) in [6.45, 7) is 5.80. The summed E-state index contributed by atoms with van der Waals surface area (Å²) in [5, 5.41) is 0. The van der Waals surface area contributed by atoms with Crippen molar-refractivity contribution >= 4 is 11.0 Å². The van der Waals surface area contributed by atoms with Crippen molar-refractivity contribution in [2.24, 2.45) is 0 Å². The summed E-state index contributed by atoms with van der Waals surface area (Å²) in [4.78, 5) is 11.8. The summed E-state index contributed by atoms with van der Waals surface area (Å²) in [6.07, 6.45) is 2.31. The fourth-order valence-corrected chi connectivity index (χ4v) is 2.58. The quantitative estimate of drug-likeness (QED) is 0.722. The van der Waals surface area contributed by atoms with Crippen molar-refractivity contribution in [3.05, 3.63) is 42.1 Å². The van der Waals surface area contributed by atoms with Crippen LogP contribution in [0.2, 0.25) is 0 Å². The van der Waals surface area contributed by atoms with E-state index in [1.807, 2.05) is 25.3 Å². The first-order valence-electron chi connectivity index (χ1n) is 6.63. The van der Waals surface area contributed by atoms with Crippen molar-refractivity contribution < 1.29 is 8.78 Å². The molecule has 3 aromatic rings. The third-order valence-electron chi connectivity index (χ3n) is 3.38. The monoisotopic (exact) mass is 288 g/mol. The average Bonchev–Trinajstić information content (AvgIpc) is 2.76. The molecule has 108 valence electrons. The standard InChI is InChI=1S/C15H14F2N4/c1-8(2)21-9(3)20-15-11(16)4-10(5-13(15)21)14-12(17)6-18-7-19-14/h4-8H,1-3H3. The van der Waals surface area contributed by atoms with Gasteiger partial charge in [-0.1, -0.05) is 0 Å². The Hall–Kier alpha value is -2.37. The van der Waals surface area contributed by atoms with Crippen LogP contribution in [0.1, 0.15) is 25.7 Å². The molecule has 0 bridgehead atoms. The molecule has 0 aliphatic rings. The number of hydrogen-bond acceptors (Lipinski definition) is 3. The van der Waals surface area contributed by atoms with Gasteiger partial charge in [-0.15, -0.1) is 0 Å². The Kier molecular flexibility index (Phi) is 3.16. The van der Waals surface area contributed by atoms with Crippen LogP contribution in [0.25, 0.3) is 22.3 Å². The molecule has 4 nitrogen and oxygen atoms in total. The molecule has 6 heteroatoms. The molecule has 3 rings (SSSR count). The molecule has 1 aromatic carbocycles. The second-order valence-electron chi connectivity index (χ2n) is 5.17. The lowest BCUT2D eigenvalue weighted by atomic mass is 10.1. The van der Waals surface area contributed by atoms with Gasteiger partial charge < -0.3 is 4.57 Å². The normalized spacial score (nSPS) is 11.5. The predicted molar refractivity (Wildman–Crippen MR) is 75.8 cm³/mol. The zero-order valence-corrected chi connectivity index (χ0v) is 11.9. The highest BCUT2D eigenvalue weighted by Gasteiger charge is 2.17. The Bertz CT molecular complexity index is 824. The highest BCUT2D eigenvalue weighted by Crippen LogP contribution is 2.29. The topological polar surface area (TPSA) is 43.6 Å². The number of aromatic nitrogens is 4. The number of nitrogens with zero attached hydrogens (tertiary/aromatic N) is 4. The molecule has 0 spiro atoms. The molecule has 0 unspecified atom stereocenters. The Labute approximate surface area is 120 Å². The molecule has 0 amide bonds. The van der Waals surface area contributed by atoms with E-state index in [2.05, 4.69) is 15.0 Å². The third kappa shape index (κ3) is 2.16. The molecule has 2 aromatic heterocycles. The van der Waals surface area contributed by atoms with E-state index in [0.29, 0.717) is 16.6 Å². The van der Waals surface area contributed by atoms with Crippen LogP contribution in [-0.2, 0) is 0 Å². The van der Waals surface area contributed by atoms with Crippen molar-refractivity contribution in [1.82, 2.24) is 19.5 Å². The fourth-order valence-electron chi connectivity index (χ4n) is 2.58. The van der Waals surface area contributed by atoms with Crippen LogP contribution in [0.15, 0.2) is 24.7 Å². The molecule has 0 aliphatic heterocycles. The number of fused-ring (bicyclic) bond motifs is 1. The van der Waals surface area contributed by atoms with Crippen LogP contribution in [0, 0.1) is 18.6 Å². The van der Waals surface area contributed by atoms with E-state index in [1.165, 1.54) is 12.4 Å². The number of aryl methyl sites for hydroxylation is 1. The summed E-state index contributed by atoms with van der Waals surface area (Å²) in [5.41, 5.74) is 1.39. The van der Waals surface area contributed by atoms with Gasteiger partial charge in [-0.05, 0) is 32.9 Å². The summed E-state index contributed by atoms with van der Waals surface area (Å²) in [6, 6.07) is 3.09. The molecule has 2 heterocycles. The minimum atomic E-state index is -0.580. The van der Waals surface area contributed by atoms with Crippen molar-refractivity contribution in [2.45, 2.75) is 26.8 Å². The van der Waals surface area contributed by atoms with Crippen molar-refractivity contribution in [2.75, 3.05) is 0 Å². The molecule has 0 N–H and O–H groups in total. The Morgan fingerprint density at radius 2 is 1.90 bits per heavy atom.